The third-order valence-corrected chi connectivity index (χ3v) is 3.82. The van der Waals surface area contributed by atoms with E-state index in [0.717, 1.165) is 0 Å². The molecule has 0 bridgehead atoms. The lowest BCUT2D eigenvalue weighted by atomic mass is 10.0. The Bertz CT molecular complexity index is 769. The van der Waals surface area contributed by atoms with E-state index < -0.39 is 23.8 Å². The Morgan fingerprint density at radius 3 is 2.64 bits per heavy atom. The molecule has 0 aliphatic carbocycles. The fraction of sp³-hybridized carbons (Fsp3) is 0.267. The van der Waals surface area contributed by atoms with Crippen LogP contribution in [0, 0.1) is 5.82 Å². The molecule has 7 heteroatoms. The largest absolute Gasteiger partial charge is 0.480 e. The van der Waals surface area contributed by atoms with Gasteiger partial charge in [0, 0.05) is 0 Å². The topological polar surface area (TPSA) is 92.4 Å². The zero-order chi connectivity index (χ0) is 15.9. The molecule has 0 amide bonds. The lowest BCUT2D eigenvalue weighted by Crippen LogP contribution is -2.26. The predicted molar refractivity (Wildman–Crippen MR) is 74.2 cm³/mol. The first-order valence-corrected chi connectivity index (χ1v) is 6.82. The van der Waals surface area contributed by atoms with Gasteiger partial charge in [-0.1, -0.05) is 12.1 Å². The molecule has 114 valence electrons. The Balaban J connectivity index is 2.29. The second-order valence-corrected chi connectivity index (χ2v) is 5.13. The first-order chi connectivity index (χ1) is 10.5. The summed E-state index contributed by atoms with van der Waals surface area (Å²) in [4.78, 5) is 26.9. The van der Waals surface area contributed by atoms with E-state index in [-0.39, 0.29) is 17.1 Å². The molecule has 1 aliphatic rings. The van der Waals surface area contributed by atoms with Crippen LogP contribution in [0.15, 0.2) is 24.3 Å². The number of aliphatic carboxylic acids is 1. The SMILES string of the molecule is O=C(O)c1nc(-c2ccccc2F)n2c1CCCC2C(=O)O. The Morgan fingerprint density at radius 1 is 1.27 bits per heavy atom. The molecule has 0 radical (unpaired) electrons. The molecule has 6 nitrogen and oxygen atoms in total. The molecule has 1 atom stereocenters. The number of nitrogens with zero attached hydrogens (tertiary/aromatic N) is 2. The molecule has 22 heavy (non-hydrogen) atoms. The molecule has 1 unspecified atom stereocenters. The van der Waals surface area contributed by atoms with Gasteiger partial charge < -0.3 is 14.8 Å². The average Bonchev–Trinajstić information content (AvgIpc) is 2.87. The maximum atomic E-state index is 14.0. The van der Waals surface area contributed by atoms with Gasteiger partial charge in [-0.25, -0.2) is 19.0 Å². The molecule has 2 aromatic rings. The molecule has 0 saturated carbocycles. The van der Waals surface area contributed by atoms with Crippen LogP contribution in [0.4, 0.5) is 4.39 Å². The van der Waals surface area contributed by atoms with Gasteiger partial charge in [-0.3, -0.25) is 0 Å². The number of aromatic carboxylic acids is 1. The molecule has 0 fully saturated rings. The monoisotopic (exact) mass is 304 g/mol. The number of carboxylic acids is 2. The van der Waals surface area contributed by atoms with Crippen molar-refractivity contribution in [3.8, 4) is 11.4 Å². The van der Waals surface area contributed by atoms with E-state index >= 15 is 0 Å². The number of carbonyl (C=O) groups is 2. The van der Waals surface area contributed by atoms with E-state index in [1.807, 2.05) is 0 Å². The summed E-state index contributed by atoms with van der Waals surface area (Å²) in [5, 5.41) is 18.7. The standard InChI is InChI=1S/C15H13FN2O4/c16-9-5-2-1-4-8(9)13-17-12(15(21)22)10-6-3-7-11(14(19)20)18(10)13/h1-2,4-5,11H,3,6-7H2,(H,19,20)(H,21,22). The maximum absolute atomic E-state index is 14.0. The van der Waals surface area contributed by atoms with E-state index in [0.29, 0.717) is 25.0 Å². The lowest BCUT2D eigenvalue weighted by Gasteiger charge is -2.24. The maximum Gasteiger partial charge on any atom is 0.356 e. The number of benzene rings is 1. The summed E-state index contributed by atoms with van der Waals surface area (Å²) in [5.41, 5.74) is 0.234. The third kappa shape index (κ3) is 2.14. The molecule has 0 saturated heterocycles. The number of imidazole rings is 1. The highest BCUT2D eigenvalue weighted by Crippen LogP contribution is 2.34. The average molecular weight is 304 g/mol. The highest BCUT2D eigenvalue weighted by Gasteiger charge is 2.34. The van der Waals surface area contributed by atoms with Gasteiger partial charge in [0.1, 0.15) is 17.7 Å². The molecule has 1 aromatic heterocycles. The summed E-state index contributed by atoms with van der Waals surface area (Å²) in [5.74, 6) is -2.83. The minimum atomic E-state index is -1.24. The van der Waals surface area contributed by atoms with E-state index in [1.165, 1.54) is 22.8 Å². The Labute approximate surface area is 124 Å². The normalized spacial score (nSPS) is 17.0. The third-order valence-electron chi connectivity index (χ3n) is 3.82. The Morgan fingerprint density at radius 2 is 2.00 bits per heavy atom. The van der Waals surface area contributed by atoms with Crippen molar-refractivity contribution in [2.24, 2.45) is 0 Å². The molecule has 1 aromatic carbocycles. The van der Waals surface area contributed by atoms with Crippen molar-refractivity contribution in [2.75, 3.05) is 0 Å². The van der Waals surface area contributed by atoms with Crippen LogP contribution in [0.5, 0.6) is 0 Å². The highest BCUT2D eigenvalue weighted by molar-refractivity contribution is 5.88. The zero-order valence-corrected chi connectivity index (χ0v) is 11.5. The van der Waals surface area contributed by atoms with Gasteiger partial charge >= 0.3 is 11.9 Å². The number of halogens is 1. The van der Waals surface area contributed by atoms with Gasteiger partial charge in [0.05, 0.1) is 11.3 Å². The van der Waals surface area contributed by atoms with Gasteiger partial charge in [-0.2, -0.15) is 0 Å². The summed E-state index contributed by atoms with van der Waals surface area (Å²) in [7, 11) is 0. The van der Waals surface area contributed by atoms with Crippen LogP contribution in [0.3, 0.4) is 0 Å². The van der Waals surface area contributed by atoms with Crippen molar-refractivity contribution in [2.45, 2.75) is 25.3 Å². The molecular formula is C15H13FN2O4. The summed E-state index contributed by atoms with van der Waals surface area (Å²) in [6.45, 7) is 0. The molecular weight excluding hydrogens is 291 g/mol. The fourth-order valence-electron chi connectivity index (χ4n) is 2.87. The van der Waals surface area contributed by atoms with E-state index in [9.17, 15) is 24.2 Å². The van der Waals surface area contributed by atoms with Crippen LogP contribution in [-0.4, -0.2) is 31.7 Å². The number of hydrogen-bond donors (Lipinski definition) is 2. The van der Waals surface area contributed by atoms with Crippen molar-refractivity contribution in [1.29, 1.82) is 0 Å². The van der Waals surface area contributed by atoms with Gasteiger partial charge in [0.2, 0.25) is 0 Å². The van der Waals surface area contributed by atoms with Crippen molar-refractivity contribution < 1.29 is 24.2 Å². The first-order valence-electron chi connectivity index (χ1n) is 6.82. The summed E-state index contributed by atoms with van der Waals surface area (Å²) >= 11 is 0. The molecule has 0 spiro atoms. The molecule has 1 aliphatic heterocycles. The van der Waals surface area contributed by atoms with E-state index in [4.69, 9.17) is 0 Å². The number of carboxylic acid groups (broad SMARTS) is 2. The van der Waals surface area contributed by atoms with Gasteiger partial charge in [-0.05, 0) is 31.4 Å². The second-order valence-electron chi connectivity index (χ2n) is 5.13. The molecule has 3 rings (SSSR count). The molecule has 2 N–H and O–H groups in total. The summed E-state index contributed by atoms with van der Waals surface area (Å²) < 4.78 is 15.4. The highest BCUT2D eigenvalue weighted by atomic mass is 19.1. The minimum absolute atomic E-state index is 0.0533. The second kappa shape index (κ2) is 5.25. The van der Waals surface area contributed by atoms with Crippen LogP contribution >= 0.6 is 0 Å². The summed E-state index contributed by atoms with van der Waals surface area (Å²) in [6.07, 6.45) is 1.33. The van der Waals surface area contributed by atoms with Crippen LogP contribution in [0.25, 0.3) is 11.4 Å². The lowest BCUT2D eigenvalue weighted by molar-refractivity contribution is -0.141. The molecule has 2 heterocycles. The van der Waals surface area contributed by atoms with Crippen LogP contribution in [-0.2, 0) is 11.2 Å². The van der Waals surface area contributed by atoms with Crippen molar-refractivity contribution in [3.63, 3.8) is 0 Å². The number of hydrogen-bond acceptors (Lipinski definition) is 3. The van der Waals surface area contributed by atoms with E-state index in [1.54, 1.807) is 6.07 Å². The van der Waals surface area contributed by atoms with Gasteiger partial charge in [-0.15, -0.1) is 0 Å². The van der Waals surface area contributed by atoms with Crippen LogP contribution in [0.1, 0.15) is 35.1 Å². The number of aromatic nitrogens is 2. The van der Waals surface area contributed by atoms with Crippen molar-refractivity contribution >= 4 is 11.9 Å². The Kier molecular flexibility index (Phi) is 3.40. The van der Waals surface area contributed by atoms with Crippen molar-refractivity contribution in [1.82, 2.24) is 9.55 Å². The van der Waals surface area contributed by atoms with E-state index in [2.05, 4.69) is 4.98 Å². The number of fused-ring (bicyclic) bond motifs is 1. The fourth-order valence-corrected chi connectivity index (χ4v) is 2.87. The van der Waals surface area contributed by atoms with Gasteiger partial charge in [0.25, 0.3) is 0 Å². The quantitative estimate of drug-likeness (QED) is 0.908. The number of rotatable bonds is 3. The van der Waals surface area contributed by atoms with Gasteiger partial charge in [0.15, 0.2) is 5.69 Å². The minimum Gasteiger partial charge on any atom is -0.480 e. The van der Waals surface area contributed by atoms with Crippen molar-refractivity contribution in [3.05, 3.63) is 41.5 Å². The first kappa shape index (κ1) is 14.2. The smallest absolute Gasteiger partial charge is 0.356 e. The van der Waals surface area contributed by atoms with Crippen LogP contribution in [0.2, 0.25) is 0 Å². The summed E-state index contributed by atoms with van der Waals surface area (Å²) in [6, 6.07) is 4.86. The Hall–Kier alpha value is -2.70. The predicted octanol–water partition coefficient (Wildman–Crippen LogP) is 2.35. The zero-order valence-electron chi connectivity index (χ0n) is 11.5. The van der Waals surface area contributed by atoms with Crippen LogP contribution < -0.4 is 0 Å².